The normalized spacial score (nSPS) is 21.4. The number of nitrogens with one attached hydrogen (secondary N) is 3. The maximum Gasteiger partial charge on any atom is 0.222 e. The summed E-state index contributed by atoms with van der Waals surface area (Å²) in [6.07, 6.45) is 7.18. The Morgan fingerprint density at radius 3 is 3.18 bits per heavy atom. The van der Waals surface area contributed by atoms with Gasteiger partial charge in [-0.3, -0.25) is 4.79 Å². The number of hydrogen-bond donors (Lipinski definition) is 3. The monoisotopic (exact) mass is 236 g/mol. The molecule has 1 saturated heterocycles. The first-order valence-corrected chi connectivity index (χ1v) is 6.31. The number of imidazole rings is 1. The second-order valence-electron chi connectivity index (χ2n) is 4.50. The van der Waals surface area contributed by atoms with E-state index in [9.17, 15) is 4.79 Å². The number of aromatic amines is 1. The lowest BCUT2D eigenvalue weighted by Gasteiger charge is -2.16. The summed E-state index contributed by atoms with van der Waals surface area (Å²) in [5.41, 5.74) is 0. The van der Waals surface area contributed by atoms with Crippen LogP contribution in [0.15, 0.2) is 12.4 Å². The van der Waals surface area contributed by atoms with E-state index >= 15 is 0 Å². The minimum atomic E-state index is -0.00102. The van der Waals surface area contributed by atoms with E-state index in [0.29, 0.717) is 12.5 Å². The van der Waals surface area contributed by atoms with Gasteiger partial charge in [-0.1, -0.05) is 6.92 Å². The molecule has 2 unspecified atom stereocenters. The van der Waals surface area contributed by atoms with Gasteiger partial charge >= 0.3 is 0 Å². The Morgan fingerprint density at radius 1 is 1.71 bits per heavy atom. The standard InChI is InChI=1S/C12H20N4O/c1-2-10(12-14-6-7-15-12)16-11(17)8-9-4-3-5-13-9/h6-7,9-10,13H,2-5,8H2,1H3,(H,14,15)(H,16,17). The molecule has 1 aromatic heterocycles. The van der Waals surface area contributed by atoms with E-state index in [1.165, 1.54) is 6.42 Å². The fraction of sp³-hybridized carbons (Fsp3) is 0.667. The molecule has 0 aliphatic carbocycles. The molecule has 17 heavy (non-hydrogen) atoms. The summed E-state index contributed by atoms with van der Waals surface area (Å²) in [7, 11) is 0. The van der Waals surface area contributed by atoms with Crippen LogP contribution in [0.5, 0.6) is 0 Å². The second kappa shape index (κ2) is 5.82. The maximum atomic E-state index is 11.9. The van der Waals surface area contributed by atoms with Crippen LogP contribution >= 0.6 is 0 Å². The smallest absolute Gasteiger partial charge is 0.222 e. The minimum absolute atomic E-state index is 0.00102. The molecule has 5 nitrogen and oxygen atoms in total. The van der Waals surface area contributed by atoms with Gasteiger partial charge in [-0.25, -0.2) is 4.98 Å². The van der Waals surface area contributed by atoms with Gasteiger partial charge in [0, 0.05) is 24.9 Å². The van der Waals surface area contributed by atoms with Crippen LogP contribution in [0.3, 0.4) is 0 Å². The molecule has 1 amide bonds. The first-order chi connectivity index (χ1) is 8.29. The SMILES string of the molecule is CCC(NC(=O)CC1CCCN1)c1ncc[nH]1. The van der Waals surface area contributed by atoms with E-state index in [0.717, 1.165) is 25.2 Å². The fourth-order valence-electron chi connectivity index (χ4n) is 2.24. The maximum absolute atomic E-state index is 11.9. The predicted octanol–water partition coefficient (Wildman–Crippen LogP) is 1.12. The number of carbonyl (C=O) groups excluding carboxylic acids is 1. The summed E-state index contributed by atoms with van der Waals surface area (Å²) in [5.74, 6) is 0.938. The second-order valence-corrected chi connectivity index (χ2v) is 4.50. The molecule has 0 saturated carbocycles. The van der Waals surface area contributed by atoms with Gasteiger partial charge in [0.1, 0.15) is 5.82 Å². The summed E-state index contributed by atoms with van der Waals surface area (Å²) in [6.45, 7) is 3.08. The molecule has 2 heterocycles. The molecule has 0 radical (unpaired) electrons. The molecule has 2 rings (SSSR count). The third-order valence-electron chi connectivity index (χ3n) is 3.19. The van der Waals surface area contributed by atoms with E-state index in [1.807, 2.05) is 6.92 Å². The highest BCUT2D eigenvalue weighted by molar-refractivity contribution is 5.77. The van der Waals surface area contributed by atoms with Crippen LogP contribution in [0.1, 0.15) is 44.5 Å². The highest BCUT2D eigenvalue weighted by Crippen LogP contribution is 2.13. The number of aromatic nitrogens is 2. The Balaban J connectivity index is 1.83. The fourth-order valence-corrected chi connectivity index (χ4v) is 2.24. The average molecular weight is 236 g/mol. The quantitative estimate of drug-likeness (QED) is 0.717. The van der Waals surface area contributed by atoms with Crippen molar-refractivity contribution in [2.45, 2.75) is 44.7 Å². The first kappa shape index (κ1) is 12.1. The van der Waals surface area contributed by atoms with Gasteiger partial charge in [0.25, 0.3) is 0 Å². The van der Waals surface area contributed by atoms with E-state index in [4.69, 9.17) is 0 Å². The van der Waals surface area contributed by atoms with Crippen LogP contribution in [0.25, 0.3) is 0 Å². The van der Waals surface area contributed by atoms with E-state index in [2.05, 4.69) is 20.6 Å². The Hall–Kier alpha value is -1.36. The van der Waals surface area contributed by atoms with Crippen molar-refractivity contribution in [3.8, 4) is 0 Å². The predicted molar refractivity (Wildman–Crippen MR) is 65.4 cm³/mol. The van der Waals surface area contributed by atoms with E-state index in [1.54, 1.807) is 12.4 Å². The van der Waals surface area contributed by atoms with E-state index < -0.39 is 0 Å². The molecule has 0 spiro atoms. The van der Waals surface area contributed by atoms with Crippen LogP contribution in [0.2, 0.25) is 0 Å². The zero-order valence-electron chi connectivity index (χ0n) is 10.2. The molecule has 0 bridgehead atoms. The van der Waals surface area contributed by atoms with Gasteiger partial charge in [-0.2, -0.15) is 0 Å². The van der Waals surface area contributed by atoms with Crippen molar-refractivity contribution < 1.29 is 4.79 Å². The minimum Gasteiger partial charge on any atom is -0.347 e. The molecule has 1 aromatic rings. The van der Waals surface area contributed by atoms with Gasteiger partial charge in [0.2, 0.25) is 5.91 Å². The third kappa shape index (κ3) is 3.30. The molecule has 3 N–H and O–H groups in total. The van der Waals surface area contributed by atoms with Gasteiger partial charge in [0.05, 0.1) is 6.04 Å². The highest BCUT2D eigenvalue weighted by atomic mass is 16.1. The van der Waals surface area contributed by atoms with Gasteiger partial charge in [-0.15, -0.1) is 0 Å². The first-order valence-electron chi connectivity index (χ1n) is 6.31. The number of rotatable bonds is 5. The van der Waals surface area contributed by atoms with Crippen molar-refractivity contribution in [1.82, 2.24) is 20.6 Å². The number of hydrogen-bond acceptors (Lipinski definition) is 3. The molecular weight excluding hydrogens is 216 g/mol. The van der Waals surface area contributed by atoms with Crippen molar-refractivity contribution in [1.29, 1.82) is 0 Å². The Bertz CT molecular complexity index is 343. The van der Waals surface area contributed by atoms with Crippen molar-refractivity contribution >= 4 is 5.91 Å². The number of amides is 1. The summed E-state index contributed by atoms with van der Waals surface area (Å²) in [6, 6.07) is 0.350. The van der Waals surface area contributed by atoms with Crippen LogP contribution in [0.4, 0.5) is 0 Å². The molecular formula is C12H20N4O. The number of nitrogens with zero attached hydrogens (tertiary/aromatic N) is 1. The lowest BCUT2D eigenvalue weighted by atomic mass is 10.1. The molecule has 94 valence electrons. The average Bonchev–Trinajstić information content (AvgIpc) is 2.97. The molecule has 1 fully saturated rings. The van der Waals surface area contributed by atoms with Gasteiger partial charge in [0.15, 0.2) is 0 Å². The van der Waals surface area contributed by atoms with Crippen molar-refractivity contribution in [3.63, 3.8) is 0 Å². The molecule has 1 aliphatic heterocycles. The summed E-state index contributed by atoms with van der Waals surface area (Å²) < 4.78 is 0. The zero-order valence-corrected chi connectivity index (χ0v) is 10.2. The largest absolute Gasteiger partial charge is 0.347 e. The van der Waals surface area contributed by atoms with E-state index in [-0.39, 0.29) is 11.9 Å². The lowest BCUT2D eigenvalue weighted by molar-refractivity contribution is -0.122. The topological polar surface area (TPSA) is 69.8 Å². The molecule has 2 atom stereocenters. The van der Waals surface area contributed by atoms with Crippen LogP contribution in [-0.2, 0) is 4.79 Å². The van der Waals surface area contributed by atoms with Crippen molar-refractivity contribution in [2.75, 3.05) is 6.54 Å². The van der Waals surface area contributed by atoms with Gasteiger partial charge in [-0.05, 0) is 25.8 Å². The van der Waals surface area contributed by atoms with Crippen LogP contribution in [-0.4, -0.2) is 28.5 Å². The Morgan fingerprint density at radius 2 is 2.59 bits per heavy atom. The highest BCUT2D eigenvalue weighted by Gasteiger charge is 2.20. The third-order valence-corrected chi connectivity index (χ3v) is 3.19. The zero-order chi connectivity index (χ0) is 12.1. The van der Waals surface area contributed by atoms with Gasteiger partial charge < -0.3 is 15.6 Å². The molecule has 5 heteroatoms. The Labute approximate surface area is 101 Å². The molecule has 1 aliphatic rings. The van der Waals surface area contributed by atoms with Crippen molar-refractivity contribution in [3.05, 3.63) is 18.2 Å². The van der Waals surface area contributed by atoms with Crippen LogP contribution < -0.4 is 10.6 Å². The summed E-state index contributed by atoms with van der Waals surface area (Å²) in [4.78, 5) is 19.1. The number of carbonyl (C=O) groups is 1. The number of H-pyrrole nitrogens is 1. The van der Waals surface area contributed by atoms with Crippen molar-refractivity contribution in [2.24, 2.45) is 0 Å². The lowest BCUT2D eigenvalue weighted by Crippen LogP contribution is -2.34. The summed E-state index contributed by atoms with van der Waals surface area (Å²) >= 11 is 0. The van der Waals surface area contributed by atoms with Crippen LogP contribution in [0, 0.1) is 0 Å². The molecule has 0 aromatic carbocycles. The Kier molecular flexibility index (Phi) is 4.14. The summed E-state index contributed by atoms with van der Waals surface area (Å²) in [5, 5.41) is 6.35.